The van der Waals surface area contributed by atoms with E-state index in [0.717, 1.165) is 66.6 Å². The van der Waals surface area contributed by atoms with Crippen molar-refractivity contribution >= 4 is 22.5 Å². The van der Waals surface area contributed by atoms with E-state index in [1.807, 2.05) is 22.8 Å². The Morgan fingerprint density at radius 3 is 2.62 bits per heavy atom. The topological polar surface area (TPSA) is 95.7 Å². The summed E-state index contributed by atoms with van der Waals surface area (Å²) in [6.07, 6.45) is 9.96. The van der Waals surface area contributed by atoms with E-state index in [4.69, 9.17) is 24.3 Å². The summed E-state index contributed by atoms with van der Waals surface area (Å²) in [5, 5.41) is 8.33. The van der Waals surface area contributed by atoms with Gasteiger partial charge in [0.05, 0.1) is 24.2 Å². The van der Waals surface area contributed by atoms with Gasteiger partial charge >= 0.3 is 0 Å². The number of rotatable bonds is 5. The van der Waals surface area contributed by atoms with Gasteiger partial charge in [0, 0.05) is 43.4 Å². The SMILES string of the molecule is c1cnc2cc(-c3ccn4nc(NC5CC6(CCOCC6)C5)nc(OC5COC5)c34)ccc2n1. The summed E-state index contributed by atoms with van der Waals surface area (Å²) in [4.78, 5) is 13.7. The molecule has 3 aromatic heterocycles. The molecule has 1 N–H and O–H groups in total. The molecule has 2 saturated heterocycles. The zero-order valence-corrected chi connectivity index (χ0v) is 18.8. The zero-order valence-electron chi connectivity index (χ0n) is 18.8. The van der Waals surface area contributed by atoms with Crippen LogP contribution in [0.3, 0.4) is 0 Å². The van der Waals surface area contributed by atoms with Crippen LogP contribution >= 0.6 is 0 Å². The van der Waals surface area contributed by atoms with Crippen LogP contribution in [0, 0.1) is 5.41 Å². The van der Waals surface area contributed by atoms with E-state index in [-0.39, 0.29) is 6.10 Å². The van der Waals surface area contributed by atoms with E-state index < -0.39 is 0 Å². The lowest BCUT2D eigenvalue weighted by atomic mass is 9.61. The molecule has 174 valence electrons. The summed E-state index contributed by atoms with van der Waals surface area (Å²) >= 11 is 0. The molecule has 1 aliphatic carbocycles. The van der Waals surface area contributed by atoms with Crippen LogP contribution in [0.1, 0.15) is 25.7 Å². The molecule has 0 unspecified atom stereocenters. The Hall–Kier alpha value is -3.30. The van der Waals surface area contributed by atoms with Crippen LogP contribution in [-0.4, -0.2) is 63.1 Å². The lowest BCUT2D eigenvalue weighted by Crippen LogP contribution is -2.48. The first-order chi connectivity index (χ1) is 16.7. The number of benzene rings is 1. The third-order valence-corrected chi connectivity index (χ3v) is 7.39. The summed E-state index contributed by atoms with van der Waals surface area (Å²) < 4.78 is 19.0. The van der Waals surface area contributed by atoms with Crippen molar-refractivity contribution in [2.45, 2.75) is 37.8 Å². The van der Waals surface area contributed by atoms with Crippen LogP contribution in [0.4, 0.5) is 5.95 Å². The lowest BCUT2D eigenvalue weighted by Gasteiger charge is -2.50. The summed E-state index contributed by atoms with van der Waals surface area (Å²) in [5.41, 5.74) is 5.01. The highest BCUT2D eigenvalue weighted by Crippen LogP contribution is 2.49. The Balaban J connectivity index is 1.22. The minimum Gasteiger partial charge on any atom is -0.468 e. The predicted octanol–water partition coefficient (Wildman–Crippen LogP) is 3.49. The van der Waals surface area contributed by atoms with Gasteiger partial charge in [0.15, 0.2) is 0 Å². The van der Waals surface area contributed by atoms with Crippen LogP contribution in [0.2, 0.25) is 0 Å². The number of hydrogen-bond acceptors (Lipinski definition) is 8. The van der Waals surface area contributed by atoms with Crippen LogP contribution < -0.4 is 10.1 Å². The first kappa shape index (κ1) is 20.1. The van der Waals surface area contributed by atoms with Crippen LogP contribution in [0.15, 0.2) is 42.9 Å². The Morgan fingerprint density at radius 1 is 1.00 bits per heavy atom. The lowest BCUT2D eigenvalue weighted by molar-refractivity contribution is -0.0808. The number of anilines is 1. The Morgan fingerprint density at radius 2 is 1.82 bits per heavy atom. The highest BCUT2D eigenvalue weighted by Gasteiger charge is 2.45. The molecule has 0 amide bonds. The number of nitrogens with one attached hydrogen (secondary N) is 1. The highest BCUT2D eigenvalue weighted by molar-refractivity contribution is 5.89. The average Bonchev–Trinajstić information content (AvgIpc) is 3.25. The van der Waals surface area contributed by atoms with E-state index in [2.05, 4.69) is 27.4 Å². The van der Waals surface area contributed by atoms with Gasteiger partial charge in [0.25, 0.3) is 0 Å². The standard InChI is InChI=1S/C25H26N6O3/c1-2-20-21(27-7-6-26-20)11-16(1)19-3-8-31-22(19)23(34-18-14-33-15-18)29-24(30-31)28-17-12-25(13-17)4-9-32-10-5-25/h1-3,6-8,11,17-18H,4-5,9-10,12-15H2,(H,28,30). The van der Waals surface area contributed by atoms with Crippen molar-refractivity contribution in [2.75, 3.05) is 31.7 Å². The molecule has 9 heteroatoms. The summed E-state index contributed by atoms with van der Waals surface area (Å²) in [6, 6.07) is 8.51. The summed E-state index contributed by atoms with van der Waals surface area (Å²) in [5.74, 6) is 1.17. The Kier molecular flexibility index (Phi) is 4.66. The quantitative estimate of drug-likeness (QED) is 0.486. The van der Waals surface area contributed by atoms with E-state index in [9.17, 15) is 0 Å². The predicted molar refractivity (Wildman–Crippen MR) is 126 cm³/mol. The second kappa shape index (κ2) is 7.89. The Labute approximate surface area is 196 Å². The maximum Gasteiger partial charge on any atom is 0.244 e. The van der Waals surface area contributed by atoms with Gasteiger partial charge in [-0.3, -0.25) is 9.97 Å². The van der Waals surface area contributed by atoms with Gasteiger partial charge in [-0.15, -0.1) is 5.10 Å². The molecule has 3 aliphatic rings. The molecule has 1 aromatic carbocycles. The van der Waals surface area contributed by atoms with Crippen molar-refractivity contribution in [3.05, 3.63) is 42.9 Å². The fourth-order valence-electron chi connectivity index (χ4n) is 5.42. The van der Waals surface area contributed by atoms with Gasteiger partial charge < -0.3 is 19.5 Å². The van der Waals surface area contributed by atoms with Gasteiger partial charge in [-0.05, 0) is 54.9 Å². The molecule has 1 saturated carbocycles. The van der Waals surface area contributed by atoms with E-state index in [0.29, 0.717) is 36.5 Å². The maximum atomic E-state index is 6.27. The first-order valence-electron chi connectivity index (χ1n) is 11.9. The van der Waals surface area contributed by atoms with E-state index >= 15 is 0 Å². The van der Waals surface area contributed by atoms with Gasteiger partial charge in [-0.1, -0.05) is 6.07 Å². The minimum atomic E-state index is 0.00554. The Bertz CT molecular complexity index is 1350. The van der Waals surface area contributed by atoms with Crippen molar-refractivity contribution in [1.82, 2.24) is 24.6 Å². The number of nitrogens with zero attached hydrogens (tertiary/aromatic N) is 5. The van der Waals surface area contributed by atoms with E-state index in [1.54, 1.807) is 12.4 Å². The minimum absolute atomic E-state index is 0.00554. The smallest absolute Gasteiger partial charge is 0.244 e. The van der Waals surface area contributed by atoms with Gasteiger partial charge in [0.2, 0.25) is 11.8 Å². The molecule has 4 aromatic rings. The summed E-state index contributed by atoms with van der Waals surface area (Å²) in [6.45, 7) is 2.91. The molecule has 7 rings (SSSR count). The maximum absolute atomic E-state index is 6.27. The van der Waals surface area contributed by atoms with Crippen molar-refractivity contribution in [3.63, 3.8) is 0 Å². The normalized spacial score (nSPS) is 20.4. The molecule has 1 spiro atoms. The molecule has 0 bridgehead atoms. The van der Waals surface area contributed by atoms with Gasteiger partial charge in [-0.25, -0.2) is 4.52 Å². The van der Waals surface area contributed by atoms with Gasteiger partial charge in [-0.2, -0.15) is 4.98 Å². The largest absolute Gasteiger partial charge is 0.468 e. The average molecular weight is 459 g/mol. The molecule has 5 heterocycles. The number of aromatic nitrogens is 5. The first-order valence-corrected chi connectivity index (χ1v) is 11.9. The molecule has 2 aliphatic heterocycles. The monoisotopic (exact) mass is 458 g/mol. The third-order valence-electron chi connectivity index (χ3n) is 7.39. The number of ether oxygens (including phenoxy) is 3. The molecule has 3 fully saturated rings. The van der Waals surface area contributed by atoms with Crippen molar-refractivity contribution in [2.24, 2.45) is 5.41 Å². The van der Waals surface area contributed by atoms with Crippen molar-refractivity contribution in [3.8, 4) is 17.0 Å². The zero-order chi connectivity index (χ0) is 22.5. The third kappa shape index (κ3) is 3.47. The molecular formula is C25H26N6O3. The van der Waals surface area contributed by atoms with Crippen molar-refractivity contribution in [1.29, 1.82) is 0 Å². The second-order valence-corrected chi connectivity index (χ2v) is 9.66. The van der Waals surface area contributed by atoms with Crippen LogP contribution in [0.5, 0.6) is 5.88 Å². The molecule has 9 nitrogen and oxygen atoms in total. The number of hydrogen-bond donors (Lipinski definition) is 1. The van der Waals surface area contributed by atoms with Gasteiger partial charge in [0.1, 0.15) is 11.6 Å². The molecule has 0 radical (unpaired) electrons. The fraction of sp³-hybridized carbons (Fsp3) is 0.440. The van der Waals surface area contributed by atoms with E-state index in [1.165, 1.54) is 0 Å². The number of fused-ring (bicyclic) bond motifs is 2. The van der Waals surface area contributed by atoms with Crippen LogP contribution in [-0.2, 0) is 9.47 Å². The fourth-order valence-corrected chi connectivity index (χ4v) is 5.42. The highest BCUT2D eigenvalue weighted by atomic mass is 16.6. The molecule has 34 heavy (non-hydrogen) atoms. The second-order valence-electron chi connectivity index (χ2n) is 9.66. The summed E-state index contributed by atoms with van der Waals surface area (Å²) in [7, 11) is 0. The van der Waals surface area contributed by atoms with Crippen LogP contribution in [0.25, 0.3) is 27.7 Å². The molecule has 0 atom stereocenters. The van der Waals surface area contributed by atoms with Crippen molar-refractivity contribution < 1.29 is 14.2 Å². The molecular weight excluding hydrogens is 432 g/mol.